The van der Waals surface area contributed by atoms with E-state index in [1.54, 1.807) is 0 Å². The van der Waals surface area contributed by atoms with Crippen LogP contribution in [0.2, 0.25) is 0 Å². The summed E-state index contributed by atoms with van der Waals surface area (Å²) in [6, 6.07) is 0.728. The molecule has 0 amide bonds. The molecule has 2 fully saturated rings. The molecule has 2 aliphatic rings. The lowest BCUT2D eigenvalue weighted by molar-refractivity contribution is 0.434. The van der Waals surface area contributed by atoms with Crippen molar-refractivity contribution in [2.45, 2.75) is 45.1 Å². The molecule has 1 heterocycles. The van der Waals surface area contributed by atoms with Crippen molar-refractivity contribution in [3.05, 3.63) is 0 Å². The zero-order valence-electron chi connectivity index (χ0n) is 9.39. The molecule has 82 valence electrons. The van der Waals surface area contributed by atoms with E-state index in [9.17, 15) is 0 Å². The van der Waals surface area contributed by atoms with Crippen molar-refractivity contribution in [2.24, 2.45) is 11.8 Å². The van der Waals surface area contributed by atoms with Crippen LogP contribution in [0.1, 0.15) is 39.0 Å². The highest BCUT2D eigenvalue weighted by Crippen LogP contribution is 2.33. The van der Waals surface area contributed by atoms with Gasteiger partial charge in [0.05, 0.1) is 0 Å². The molecular formula is C12H24N2. The third-order valence-corrected chi connectivity index (χ3v) is 3.76. The van der Waals surface area contributed by atoms with Crippen molar-refractivity contribution in [3.63, 3.8) is 0 Å². The molecule has 2 unspecified atom stereocenters. The molecule has 1 aliphatic carbocycles. The van der Waals surface area contributed by atoms with Crippen LogP contribution in [-0.4, -0.2) is 25.7 Å². The summed E-state index contributed by atoms with van der Waals surface area (Å²) >= 11 is 0. The monoisotopic (exact) mass is 196 g/mol. The molecule has 1 aliphatic heterocycles. The second-order valence-electron chi connectivity index (χ2n) is 5.08. The van der Waals surface area contributed by atoms with Crippen LogP contribution in [0.15, 0.2) is 0 Å². The lowest BCUT2D eigenvalue weighted by atomic mass is 10.0. The predicted octanol–water partition coefficient (Wildman–Crippen LogP) is 1.76. The number of hydrogen-bond donors (Lipinski definition) is 2. The van der Waals surface area contributed by atoms with E-state index in [0.717, 1.165) is 17.9 Å². The molecule has 2 N–H and O–H groups in total. The van der Waals surface area contributed by atoms with Gasteiger partial charge in [-0.2, -0.15) is 0 Å². The van der Waals surface area contributed by atoms with Crippen LogP contribution in [0.3, 0.4) is 0 Å². The molecular weight excluding hydrogens is 172 g/mol. The Hall–Kier alpha value is -0.0800. The first kappa shape index (κ1) is 10.4. The van der Waals surface area contributed by atoms with Gasteiger partial charge in [-0.3, -0.25) is 0 Å². The van der Waals surface area contributed by atoms with Gasteiger partial charge in [0.15, 0.2) is 0 Å². The molecule has 0 aromatic heterocycles. The quantitative estimate of drug-likeness (QED) is 0.633. The normalized spacial score (nSPS) is 32.4. The predicted molar refractivity (Wildman–Crippen MR) is 60.4 cm³/mol. The second-order valence-corrected chi connectivity index (χ2v) is 5.08. The molecule has 0 aromatic rings. The zero-order chi connectivity index (χ0) is 9.80. The fraction of sp³-hybridized carbons (Fsp3) is 1.00. The Morgan fingerprint density at radius 1 is 1.29 bits per heavy atom. The summed E-state index contributed by atoms with van der Waals surface area (Å²) in [7, 11) is 0. The smallest absolute Gasteiger partial charge is 0.00795 e. The van der Waals surface area contributed by atoms with Gasteiger partial charge in [-0.05, 0) is 57.7 Å². The first-order chi connectivity index (χ1) is 6.86. The molecule has 1 saturated carbocycles. The largest absolute Gasteiger partial charge is 0.316 e. The Bertz CT molecular complexity index is 166. The molecule has 1 saturated heterocycles. The van der Waals surface area contributed by atoms with Gasteiger partial charge in [-0.15, -0.1) is 0 Å². The molecule has 0 spiro atoms. The molecule has 2 heteroatoms. The highest BCUT2D eigenvalue weighted by Gasteiger charge is 2.22. The zero-order valence-corrected chi connectivity index (χ0v) is 9.39. The lowest BCUT2D eigenvalue weighted by Crippen LogP contribution is -2.31. The highest BCUT2D eigenvalue weighted by molar-refractivity contribution is 4.81. The summed E-state index contributed by atoms with van der Waals surface area (Å²) in [5.74, 6) is 1.97. The number of hydrogen-bond acceptors (Lipinski definition) is 2. The first-order valence-corrected chi connectivity index (χ1v) is 6.30. The fourth-order valence-corrected chi connectivity index (χ4v) is 2.40. The van der Waals surface area contributed by atoms with Gasteiger partial charge in [-0.1, -0.05) is 12.8 Å². The average molecular weight is 196 g/mol. The Labute approximate surface area is 87.8 Å². The minimum atomic E-state index is 0.728. The SMILES string of the molecule is CC1NCCC1CNCCCC1CC1. The van der Waals surface area contributed by atoms with Gasteiger partial charge in [-0.25, -0.2) is 0 Å². The Balaban J connectivity index is 1.45. The minimum Gasteiger partial charge on any atom is -0.316 e. The summed E-state index contributed by atoms with van der Waals surface area (Å²) in [6.07, 6.45) is 7.22. The molecule has 2 rings (SSSR count). The molecule has 0 radical (unpaired) electrons. The standard InChI is InChI=1S/C12H24N2/c1-10-12(6-8-14-10)9-13-7-2-3-11-4-5-11/h10-14H,2-9H2,1H3. The van der Waals surface area contributed by atoms with Crippen LogP contribution in [0.5, 0.6) is 0 Å². The highest BCUT2D eigenvalue weighted by atomic mass is 15.0. The van der Waals surface area contributed by atoms with E-state index >= 15 is 0 Å². The van der Waals surface area contributed by atoms with Gasteiger partial charge in [0.25, 0.3) is 0 Å². The maximum Gasteiger partial charge on any atom is 0.00795 e. The van der Waals surface area contributed by atoms with Crippen molar-refractivity contribution >= 4 is 0 Å². The van der Waals surface area contributed by atoms with Crippen molar-refractivity contribution in [1.29, 1.82) is 0 Å². The van der Waals surface area contributed by atoms with E-state index in [1.807, 2.05) is 0 Å². The van der Waals surface area contributed by atoms with E-state index in [4.69, 9.17) is 0 Å². The average Bonchev–Trinajstić information content (AvgIpc) is 2.91. The van der Waals surface area contributed by atoms with Crippen molar-refractivity contribution in [1.82, 2.24) is 10.6 Å². The summed E-state index contributed by atoms with van der Waals surface area (Å²) in [5, 5.41) is 7.10. The second kappa shape index (κ2) is 5.13. The van der Waals surface area contributed by atoms with Gasteiger partial charge < -0.3 is 10.6 Å². The number of nitrogens with one attached hydrogen (secondary N) is 2. The fourth-order valence-electron chi connectivity index (χ4n) is 2.40. The van der Waals surface area contributed by atoms with Crippen LogP contribution in [0.25, 0.3) is 0 Å². The van der Waals surface area contributed by atoms with Crippen LogP contribution in [0.4, 0.5) is 0 Å². The van der Waals surface area contributed by atoms with E-state index in [-0.39, 0.29) is 0 Å². The molecule has 0 aromatic carbocycles. The van der Waals surface area contributed by atoms with Crippen LogP contribution >= 0.6 is 0 Å². The van der Waals surface area contributed by atoms with Gasteiger partial charge in [0.1, 0.15) is 0 Å². The van der Waals surface area contributed by atoms with Crippen LogP contribution < -0.4 is 10.6 Å². The van der Waals surface area contributed by atoms with Gasteiger partial charge in [0, 0.05) is 6.04 Å². The number of rotatable bonds is 6. The van der Waals surface area contributed by atoms with E-state index in [1.165, 1.54) is 51.7 Å². The first-order valence-electron chi connectivity index (χ1n) is 6.30. The molecule has 14 heavy (non-hydrogen) atoms. The summed E-state index contributed by atoms with van der Waals surface area (Å²) in [4.78, 5) is 0. The van der Waals surface area contributed by atoms with Gasteiger partial charge >= 0.3 is 0 Å². The van der Waals surface area contributed by atoms with E-state index < -0.39 is 0 Å². The maximum absolute atomic E-state index is 3.60. The Morgan fingerprint density at radius 2 is 2.14 bits per heavy atom. The summed E-state index contributed by atoms with van der Waals surface area (Å²) in [5.41, 5.74) is 0. The lowest BCUT2D eigenvalue weighted by Gasteiger charge is -2.15. The summed E-state index contributed by atoms with van der Waals surface area (Å²) < 4.78 is 0. The van der Waals surface area contributed by atoms with Crippen molar-refractivity contribution in [3.8, 4) is 0 Å². The molecule has 0 bridgehead atoms. The topological polar surface area (TPSA) is 24.1 Å². The molecule has 2 nitrogen and oxygen atoms in total. The Kier molecular flexibility index (Phi) is 3.82. The maximum atomic E-state index is 3.60. The van der Waals surface area contributed by atoms with E-state index in [0.29, 0.717) is 0 Å². The molecule has 2 atom stereocenters. The third-order valence-electron chi connectivity index (χ3n) is 3.76. The van der Waals surface area contributed by atoms with Crippen LogP contribution in [0, 0.1) is 11.8 Å². The van der Waals surface area contributed by atoms with Gasteiger partial charge in [0.2, 0.25) is 0 Å². The van der Waals surface area contributed by atoms with E-state index in [2.05, 4.69) is 17.6 Å². The van der Waals surface area contributed by atoms with Crippen molar-refractivity contribution in [2.75, 3.05) is 19.6 Å². The third kappa shape index (κ3) is 3.25. The van der Waals surface area contributed by atoms with Crippen LogP contribution in [-0.2, 0) is 0 Å². The van der Waals surface area contributed by atoms with Crippen molar-refractivity contribution < 1.29 is 0 Å². The minimum absolute atomic E-state index is 0.728. The Morgan fingerprint density at radius 3 is 2.79 bits per heavy atom. The summed E-state index contributed by atoms with van der Waals surface area (Å²) in [6.45, 7) is 5.98.